The topological polar surface area (TPSA) is 55.8 Å². The fourth-order valence-electron chi connectivity index (χ4n) is 6.40. The summed E-state index contributed by atoms with van der Waals surface area (Å²) >= 11 is 0. The van der Waals surface area contributed by atoms with Crippen LogP contribution < -0.4 is 0 Å². The molecule has 5 heteroatoms. The Morgan fingerprint density at radius 1 is 0.970 bits per heavy atom. The second-order valence-corrected chi connectivity index (χ2v) is 9.24. The molecule has 1 aliphatic carbocycles. The number of hydrogen-bond donors (Lipinski definition) is 0. The lowest BCUT2D eigenvalue weighted by molar-refractivity contribution is -0.121. The minimum Gasteiger partial charge on any atom is -0.453 e. The van der Waals surface area contributed by atoms with E-state index in [1.165, 1.54) is 29.4 Å². The SMILES string of the molecule is COC(=O)N1C[C@@](Cc2ccccc2)(C2c3ccccc3-c3ccccc32)[C@H]2OCC(=O)[C@H]21. The van der Waals surface area contributed by atoms with Gasteiger partial charge >= 0.3 is 6.09 Å². The Hall–Kier alpha value is -3.44. The summed E-state index contributed by atoms with van der Waals surface area (Å²) in [7, 11) is 1.37. The number of methoxy groups -OCH3 is 1. The zero-order valence-electron chi connectivity index (χ0n) is 18.4. The van der Waals surface area contributed by atoms with Gasteiger partial charge in [0.05, 0.1) is 13.2 Å². The Bertz CT molecular complexity index is 1190. The second kappa shape index (κ2) is 7.56. The van der Waals surface area contributed by atoms with E-state index >= 15 is 0 Å². The molecule has 2 heterocycles. The third-order valence-corrected chi connectivity index (χ3v) is 7.58. The maximum atomic E-state index is 13.0. The molecular formula is C28H25NO4. The molecule has 0 spiro atoms. The fraction of sp³-hybridized carbons (Fsp3) is 0.286. The van der Waals surface area contributed by atoms with Crippen LogP contribution >= 0.6 is 0 Å². The van der Waals surface area contributed by atoms with Crippen molar-refractivity contribution in [1.29, 1.82) is 0 Å². The van der Waals surface area contributed by atoms with Crippen LogP contribution in [0.2, 0.25) is 0 Å². The third kappa shape index (κ3) is 2.89. The van der Waals surface area contributed by atoms with Crippen molar-refractivity contribution in [3.8, 4) is 11.1 Å². The highest BCUT2D eigenvalue weighted by atomic mass is 16.5. The van der Waals surface area contributed by atoms with Crippen LogP contribution in [0.5, 0.6) is 0 Å². The lowest BCUT2D eigenvalue weighted by atomic mass is 9.64. The minimum absolute atomic E-state index is 0.0156. The van der Waals surface area contributed by atoms with E-state index in [2.05, 4.69) is 60.7 Å². The molecule has 1 amide bonds. The number of benzene rings is 3. The first kappa shape index (κ1) is 20.2. The van der Waals surface area contributed by atoms with Gasteiger partial charge < -0.3 is 9.47 Å². The average Bonchev–Trinajstić information content (AvgIpc) is 3.50. The summed E-state index contributed by atoms with van der Waals surface area (Å²) < 4.78 is 11.4. The molecule has 2 fully saturated rings. The fourth-order valence-corrected chi connectivity index (χ4v) is 6.40. The zero-order chi connectivity index (χ0) is 22.6. The number of fused-ring (bicyclic) bond motifs is 4. The Balaban J connectivity index is 1.59. The van der Waals surface area contributed by atoms with Crippen molar-refractivity contribution in [2.24, 2.45) is 5.41 Å². The molecular weight excluding hydrogens is 414 g/mol. The average molecular weight is 440 g/mol. The summed E-state index contributed by atoms with van der Waals surface area (Å²) in [5.41, 5.74) is 5.51. The summed E-state index contributed by atoms with van der Waals surface area (Å²) in [6.07, 6.45) is -0.199. The zero-order valence-corrected chi connectivity index (χ0v) is 18.4. The van der Waals surface area contributed by atoms with Gasteiger partial charge in [-0.15, -0.1) is 0 Å². The largest absolute Gasteiger partial charge is 0.453 e. The monoisotopic (exact) mass is 439 g/mol. The van der Waals surface area contributed by atoms with Gasteiger partial charge in [-0.1, -0.05) is 78.9 Å². The summed E-state index contributed by atoms with van der Waals surface area (Å²) in [5.74, 6) is -0.0712. The van der Waals surface area contributed by atoms with Crippen molar-refractivity contribution in [2.45, 2.75) is 24.5 Å². The molecule has 3 aliphatic rings. The molecule has 0 bridgehead atoms. The quantitative estimate of drug-likeness (QED) is 0.605. The van der Waals surface area contributed by atoms with Crippen molar-refractivity contribution >= 4 is 11.9 Å². The maximum absolute atomic E-state index is 13.0. The summed E-state index contributed by atoms with van der Waals surface area (Å²) in [6, 6.07) is 26.6. The molecule has 3 aromatic rings. The van der Waals surface area contributed by atoms with E-state index in [9.17, 15) is 9.59 Å². The number of ketones is 1. The molecule has 2 aliphatic heterocycles. The number of nitrogens with zero attached hydrogens (tertiary/aromatic N) is 1. The Kier molecular flexibility index (Phi) is 4.63. The first-order valence-electron chi connectivity index (χ1n) is 11.3. The lowest BCUT2D eigenvalue weighted by Gasteiger charge is -2.40. The molecule has 0 radical (unpaired) electrons. The predicted octanol–water partition coefficient (Wildman–Crippen LogP) is 4.45. The van der Waals surface area contributed by atoms with Crippen LogP contribution in [0.1, 0.15) is 22.6 Å². The number of amides is 1. The highest BCUT2D eigenvalue weighted by Crippen LogP contribution is 2.59. The summed E-state index contributed by atoms with van der Waals surface area (Å²) in [5, 5.41) is 0. The van der Waals surface area contributed by atoms with Crippen LogP contribution in [0.4, 0.5) is 4.79 Å². The number of carbonyl (C=O) groups is 2. The van der Waals surface area contributed by atoms with E-state index < -0.39 is 23.7 Å². The predicted molar refractivity (Wildman–Crippen MR) is 124 cm³/mol. The van der Waals surface area contributed by atoms with Gasteiger partial charge in [-0.3, -0.25) is 9.69 Å². The number of likely N-dealkylation sites (tertiary alicyclic amines) is 1. The first-order chi connectivity index (χ1) is 16.1. The number of ether oxygens (including phenoxy) is 2. The number of hydrogen-bond acceptors (Lipinski definition) is 4. The van der Waals surface area contributed by atoms with Gasteiger partial charge in [0.25, 0.3) is 0 Å². The van der Waals surface area contributed by atoms with Gasteiger partial charge in [0, 0.05) is 17.9 Å². The van der Waals surface area contributed by atoms with E-state index in [0.717, 1.165) is 5.56 Å². The highest BCUT2D eigenvalue weighted by Gasteiger charge is 2.64. The molecule has 2 saturated heterocycles. The molecule has 5 nitrogen and oxygen atoms in total. The van der Waals surface area contributed by atoms with Gasteiger partial charge in [0.1, 0.15) is 12.6 Å². The number of carbonyl (C=O) groups excluding carboxylic acids is 2. The molecule has 3 atom stereocenters. The molecule has 0 saturated carbocycles. The van der Waals surface area contributed by atoms with Gasteiger partial charge in [0.2, 0.25) is 0 Å². The molecule has 3 aromatic carbocycles. The van der Waals surface area contributed by atoms with E-state index in [0.29, 0.717) is 13.0 Å². The van der Waals surface area contributed by atoms with E-state index in [4.69, 9.17) is 9.47 Å². The molecule has 0 aromatic heterocycles. The number of rotatable bonds is 3. The van der Waals surface area contributed by atoms with E-state index in [1.807, 2.05) is 18.2 Å². The van der Waals surface area contributed by atoms with Crippen molar-refractivity contribution < 1.29 is 19.1 Å². The smallest absolute Gasteiger partial charge is 0.410 e. The maximum Gasteiger partial charge on any atom is 0.410 e. The molecule has 6 rings (SSSR count). The van der Waals surface area contributed by atoms with Crippen LogP contribution in [0.15, 0.2) is 78.9 Å². The van der Waals surface area contributed by atoms with E-state index in [-0.39, 0.29) is 18.3 Å². The van der Waals surface area contributed by atoms with Crippen LogP contribution in [0.25, 0.3) is 11.1 Å². The van der Waals surface area contributed by atoms with Crippen molar-refractivity contribution in [3.63, 3.8) is 0 Å². The van der Waals surface area contributed by atoms with Crippen molar-refractivity contribution in [3.05, 3.63) is 95.6 Å². The van der Waals surface area contributed by atoms with Crippen molar-refractivity contribution in [1.82, 2.24) is 4.90 Å². The first-order valence-corrected chi connectivity index (χ1v) is 11.3. The van der Waals surface area contributed by atoms with Crippen LogP contribution in [0, 0.1) is 5.41 Å². The van der Waals surface area contributed by atoms with Gasteiger partial charge in [-0.25, -0.2) is 4.79 Å². The Labute approximate surface area is 192 Å². The van der Waals surface area contributed by atoms with Gasteiger partial charge in [-0.05, 0) is 34.2 Å². The number of Topliss-reactive ketones (excluding diaryl/α,β-unsaturated/α-hetero) is 1. The van der Waals surface area contributed by atoms with E-state index in [1.54, 1.807) is 4.90 Å². The Morgan fingerprint density at radius 3 is 2.21 bits per heavy atom. The van der Waals surface area contributed by atoms with Gasteiger partial charge in [-0.2, -0.15) is 0 Å². The second-order valence-electron chi connectivity index (χ2n) is 9.24. The summed E-state index contributed by atoms with van der Waals surface area (Å²) in [6.45, 7) is 0.415. The summed E-state index contributed by atoms with van der Waals surface area (Å²) in [4.78, 5) is 27.4. The third-order valence-electron chi connectivity index (χ3n) is 7.58. The molecule has 33 heavy (non-hydrogen) atoms. The normalized spacial score (nSPS) is 25.6. The van der Waals surface area contributed by atoms with Crippen LogP contribution in [0.3, 0.4) is 0 Å². The lowest BCUT2D eigenvalue weighted by Crippen LogP contribution is -2.43. The molecule has 166 valence electrons. The van der Waals surface area contributed by atoms with Crippen molar-refractivity contribution in [2.75, 3.05) is 20.3 Å². The molecule has 0 N–H and O–H groups in total. The van der Waals surface area contributed by atoms with Crippen LogP contribution in [-0.4, -0.2) is 49.2 Å². The molecule has 0 unspecified atom stereocenters. The highest BCUT2D eigenvalue weighted by molar-refractivity contribution is 5.92. The van der Waals surface area contributed by atoms with Gasteiger partial charge in [0.15, 0.2) is 5.78 Å². The standard InChI is InChI=1S/C28H25NO4/c1-32-27(31)29-17-28(15-18-9-3-2-4-10-18,26-25(29)23(30)16-33-26)24-21-13-7-5-11-19(21)20-12-6-8-14-22(20)24/h2-14,24-26H,15-17H2,1H3/t25-,26+,28+/m1/s1. The minimum atomic E-state index is -0.624. The Morgan fingerprint density at radius 2 is 1.58 bits per heavy atom. The van der Waals surface area contributed by atoms with Crippen LogP contribution in [-0.2, 0) is 20.7 Å².